The number of nitrogens with one attached hydrogen (secondary N) is 1. The summed E-state index contributed by atoms with van der Waals surface area (Å²) in [6, 6.07) is 3.11. The van der Waals surface area contributed by atoms with Gasteiger partial charge in [0.1, 0.15) is 5.75 Å². The molecule has 88 valence electrons. The highest BCUT2D eigenvalue weighted by Crippen LogP contribution is 2.12. The quantitative estimate of drug-likeness (QED) is 0.821. The van der Waals surface area contributed by atoms with Crippen LogP contribution < -0.4 is 5.32 Å². The van der Waals surface area contributed by atoms with Crippen molar-refractivity contribution in [2.45, 2.75) is 19.9 Å². The van der Waals surface area contributed by atoms with E-state index in [0.29, 0.717) is 0 Å². The van der Waals surface area contributed by atoms with Crippen LogP contribution in [0.3, 0.4) is 0 Å². The molecule has 5 heteroatoms. The molecule has 0 aliphatic heterocycles. The van der Waals surface area contributed by atoms with Crippen molar-refractivity contribution in [3.8, 4) is 5.75 Å². The van der Waals surface area contributed by atoms with E-state index >= 15 is 0 Å². The number of aromatic nitrogens is 1. The standard InChI is InChI=1S/C11H16N2O2S/c1-3-16-7-8(2)13-11(15)10-9(14)5-4-6-12-10/h4-6,8,14H,3,7H2,1-2H3,(H,13,15). The van der Waals surface area contributed by atoms with E-state index in [0.717, 1.165) is 11.5 Å². The second-order valence-corrected chi connectivity index (χ2v) is 4.72. The van der Waals surface area contributed by atoms with Crippen LogP contribution in [-0.4, -0.2) is 33.5 Å². The van der Waals surface area contributed by atoms with Crippen molar-refractivity contribution < 1.29 is 9.90 Å². The van der Waals surface area contributed by atoms with Gasteiger partial charge in [0.05, 0.1) is 0 Å². The zero-order valence-electron chi connectivity index (χ0n) is 9.43. The number of hydrogen-bond acceptors (Lipinski definition) is 4. The number of nitrogens with zero attached hydrogens (tertiary/aromatic N) is 1. The molecule has 1 unspecified atom stereocenters. The number of pyridine rings is 1. The van der Waals surface area contributed by atoms with E-state index in [1.807, 2.05) is 6.92 Å². The monoisotopic (exact) mass is 240 g/mol. The molecule has 1 heterocycles. The van der Waals surface area contributed by atoms with Gasteiger partial charge >= 0.3 is 0 Å². The van der Waals surface area contributed by atoms with Gasteiger partial charge in [-0.2, -0.15) is 11.8 Å². The van der Waals surface area contributed by atoms with Crippen LogP contribution in [0, 0.1) is 0 Å². The Bertz CT molecular complexity index is 358. The zero-order chi connectivity index (χ0) is 12.0. The highest BCUT2D eigenvalue weighted by molar-refractivity contribution is 7.99. The van der Waals surface area contributed by atoms with E-state index in [1.54, 1.807) is 17.8 Å². The number of hydrogen-bond donors (Lipinski definition) is 2. The van der Waals surface area contributed by atoms with Crippen LogP contribution in [0.1, 0.15) is 24.3 Å². The lowest BCUT2D eigenvalue weighted by molar-refractivity contribution is 0.0936. The van der Waals surface area contributed by atoms with Crippen LogP contribution in [0.15, 0.2) is 18.3 Å². The Morgan fingerprint density at radius 3 is 3.06 bits per heavy atom. The van der Waals surface area contributed by atoms with Crippen molar-refractivity contribution in [2.75, 3.05) is 11.5 Å². The number of thioether (sulfide) groups is 1. The van der Waals surface area contributed by atoms with Crippen molar-refractivity contribution >= 4 is 17.7 Å². The van der Waals surface area contributed by atoms with Crippen LogP contribution in [0.2, 0.25) is 0 Å². The fourth-order valence-electron chi connectivity index (χ4n) is 1.20. The summed E-state index contributed by atoms with van der Waals surface area (Å²) >= 11 is 1.76. The van der Waals surface area contributed by atoms with Crippen LogP contribution in [0.5, 0.6) is 5.75 Å². The van der Waals surface area contributed by atoms with Crippen LogP contribution >= 0.6 is 11.8 Å². The average molecular weight is 240 g/mol. The van der Waals surface area contributed by atoms with Crippen molar-refractivity contribution in [1.29, 1.82) is 0 Å². The Kier molecular flexibility index (Phi) is 5.11. The van der Waals surface area contributed by atoms with E-state index in [-0.39, 0.29) is 23.4 Å². The molecule has 0 aliphatic rings. The van der Waals surface area contributed by atoms with Gasteiger partial charge < -0.3 is 10.4 Å². The number of aromatic hydroxyl groups is 1. The molecule has 1 rings (SSSR count). The van der Waals surface area contributed by atoms with E-state index in [4.69, 9.17) is 0 Å². The molecule has 0 radical (unpaired) electrons. The first kappa shape index (κ1) is 12.8. The summed E-state index contributed by atoms with van der Waals surface area (Å²) in [6.07, 6.45) is 1.49. The first-order valence-corrected chi connectivity index (χ1v) is 6.33. The minimum Gasteiger partial charge on any atom is -0.505 e. The van der Waals surface area contributed by atoms with E-state index in [2.05, 4.69) is 17.2 Å². The maximum absolute atomic E-state index is 11.7. The van der Waals surface area contributed by atoms with Gasteiger partial charge in [-0.05, 0) is 24.8 Å². The molecule has 1 amide bonds. The first-order valence-electron chi connectivity index (χ1n) is 5.17. The Balaban J connectivity index is 2.56. The lowest BCUT2D eigenvalue weighted by Crippen LogP contribution is -2.34. The van der Waals surface area contributed by atoms with Crippen LogP contribution in [-0.2, 0) is 0 Å². The molecule has 1 aromatic heterocycles. The van der Waals surface area contributed by atoms with Gasteiger partial charge in [-0.1, -0.05) is 6.92 Å². The number of rotatable bonds is 5. The molecule has 0 spiro atoms. The third-order valence-corrected chi connectivity index (χ3v) is 3.09. The van der Waals surface area contributed by atoms with Gasteiger partial charge in [-0.3, -0.25) is 4.79 Å². The molecule has 16 heavy (non-hydrogen) atoms. The summed E-state index contributed by atoms with van der Waals surface area (Å²) in [5.74, 6) is 1.46. The molecule has 0 saturated carbocycles. The van der Waals surface area contributed by atoms with Gasteiger partial charge in [0.15, 0.2) is 5.69 Å². The smallest absolute Gasteiger partial charge is 0.273 e. The fourth-order valence-corrected chi connectivity index (χ4v) is 1.87. The largest absolute Gasteiger partial charge is 0.505 e. The molecule has 0 saturated heterocycles. The Morgan fingerprint density at radius 1 is 1.69 bits per heavy atom. The third-order valence-electron chi connectivity index (χ3n) is 1.95. The molecule has 2 N–H and O–H groups in total. The number of carbonyl (C=O) groups excluding carboxylic acids is 1. The highest BCUT2D eigenvalue weighted by Gasteiger charge is 2.14. The zero-order valence-corrected chi connectivity index (χ0v) is 10.3. The lowest BCUT2D eigenvalue weighted by Gasteiger charge is -2.12. The Labute approximate surface area is 99.5 Å². The summed E-state index contributed by atoms with van der Waals surface area (Å²) in [5.41, 5.74) is 0.0795. The molecule has 0 fully saturated rings. The van der Waals surface area contributed by atoms with Crippen molar-refractivity contribution in [3.05, 3.63) is 24.0 Å². The highest BCUT2D eigenvalue weighted by atomic mass is 32.2. The van der Waals surface area contributed by atoms with Gasteiger partial charge in [0.25, 0.3) is 5.91 Å². The van der Waals surface area contributed by atoms with Crippen molar-refractivity contribution in [1.82, 2.24) is 10.3 Å². The number of amides is 1. The maximum Gasteiger partial charge on any atom is 0.273 e. The normalized spacial score (nSPS) is 12.1. The van der Waals surface area contributed by atoms with Crippen LogP contribution in [0.25, 0.3) is 0 Å². The summed E-state index contributed by atoms with van der Waals surface area (Å²) < 4.78 is 0. The predicted octanol–water partition coefficient (Wildman–Crippen LogP) is 1.66. The molecular weight excluding hydrogens is 224 g/mol. The molecule has 4 nitrogen and oxygen atoms in total. The average Bonchev–Trinajstić information content (AvgIpc) is 2.26. The molecule has 0 aliphatic carbocycles. The van der Waals surface area contributed by atoms with Gasteiger partial charge in [0, 0.05) is 18.0 Å². The summed E-state index contributed by atoms with van der Waals surface area (Å²) in [7, 11) is 0. The van der Waals surface area contributed by atoms with Crippen molar-refractivity contribution in [3.63, 3.8) is 0 Å². The summed E-state index contributed by atoms with van der Waals surface area (Å²) in [6.45, 7) is 4.00. The predicted molar refractivity (Wildman–Crippen MR) is 65.8 cm³/mol. The van der Waals surface area contributed by atoms with E-state index in [1.165, 1.54) is 12.3 Å². The minimum atomic E-state index is -0.331. The first-order chi connectivity index (χ1) is 7.65. The van der Waals surface area contributed by atoms with E-state index < -0.39 is 0 Å². The van der Waals surface area contributed by atoms with Gasteiger partial charge in [-0.25, -0.2) is 4.98 Å². The molecule has 1 aromatic rings. The Morgan fingerprint density at radius 2 is 2.44 bits per heavy atom. The SMILES string of the molecule is CCSCC(C)NC(=O)c1ncccc1O. The Hall–Kier alpha value is -1.23. The second kappa shape index (κ2) is 6.37. The topological polar surface area (TPSA) is 62.2 Å². The number of carbonyl (C=O) groups is 1. The van der Waals surface area contributed by atoms with Crippen LogP contribution in [0.4, 0.5) is 0 Å². The molecular formula is C11H16N2O2S. The maximum atomic E-state index is 11.7. The van der Waals surface area contributed by atoms with E-state index in [9.17, 15) is 9.90 Å². The van der Waals surface area contributed by atoms with Gasteiger partial charge in [-0.15, -0.1) is 0 Å². The minimum absolute atomic E-state index is 0.0684. The summed E-state index contributed by atoms with van der Waals surface area (Å²) in [4.78, 5) is 15.5. The van der Waals surface area contributed by atoms with Crippen molar-refractivity contribution in [2.24, 2.45) is 0 Å². The van der Waals surface area contributed by atoms with Gasteiger partial charge in [0.2, 0.25) is 0 Å². The molecule has 1 atom stereocenters. The third kappa shape index (κ3) is 3.73. The fraction of sp³-hybridized carbons (Fsp3) is 0.455. The second-order valence-electron chi connectivity index (χ2n) is 3.41. The molecule has 0 aromatic carbocycles. The lowest BCUT2D eigenvalue weighted by atomic mass is 10.3. The summed E-state index contributed by atoms with van der Waals surface area (Å²) in [5, 5.41) is 12.2. The molecule has 0 bridgehead atoms.